The summed E-state index contributed by atoms with van der Waals surface area (Å²) in [7, 11) is 4.25. The van der Waals surface area contributed by atoms with Crippen LogP contribution < -0.4 is 4.90 Å². The van der Waals surface area contributed by atoms with Crippen molar-refractivity contribution in [1.82, 2.24) is 14.9 Å². The van der Waals surface area contributed by atoms with Crippen LogP contribution in [0.5, 0.6) is 0 Å². The van der Waals surface area contributed by atoms with E-state index < -0.39 is 0 Å². The molecule has 0 amide bonds. The van der Waals surface area contributed by atoms with Gasteiger partial charge in [0.2, 0.25) is 0 Å². The number of hydrogen-bond donors (Lipinski definition) is 0. The fourth-order valence-corrected chi connectivity index (χ4v) is 2.58. The van der Waals surface area contributed by atoms with Crippen LogP contribution in [0.2, 0.25) is 5.15 Å². The molecule has 2 heterocycles. The van der Waals surface area contributed by atoms with Crippen molar-refractivity contribution in [3.8, 4) is 0 Å². The largest absolute Gasteiger partial charge is 0.355 e. The van der Waals surface area contributed by atoms with E-state index in [4.69, 9.17) is 11.6 Å². The van der Waals surface area contributed by atoms with E-state index in [1.165, 1.54) is 6.42 Å². The molecule has 1 fully saturated rings. The van der Waals surface area contributed by atoms with E-state index in [-0.39, 0.29) is 0 Å². The second-order valence-corrected chi connectivity index (χ2v) is 5.03. The van der Waals surface area contributed by atoms with Gasteiger partial charge in [-0.25, -0.2) is 9.97 Å². The smallest absolute Gasteiger partial charge is 0.137 e. The van der Waals surface area contributed by atoms with Crippen LogP contribution in [0, 0.1) is 0 Å². The van der Waals surface area contributed by atoms with Crippen LogP contribution in [0.1, 0.15) is 18.9 Å². The van der Waals surface area contributed by atoms with Crippen LogP contribution in [0.25, 0.3) is 0 Å². The molecule has 94 valence electrons. The van der Waals surface area contributed by atoms with Gasteiger partial charge in [-0.2, -0.15) is 0 Å². The maximum Gasteiger partial charge on any atom is 0.137 e. The van der Waals surface area contributed by atoms with Crippen molar-refractivity contribution in [3.63, 3.8) is 0 Å². The van der Waals surface area contributed by atoms with Gasteiger partial charge in [0.05, 0.1) is 0 Å². The van der Waals surface area contributed by atoms with E-state index in [0.29, 0.717) is 11.2 Å². The first-order chi connectivity index (χ1) is 8.13. The molecule has 0 saturated carbocycles. The lowest BCUT2D eigenvalue weighted by Crippen LogP contribution is -2.32. The molecular formula is C12H19ClN4. The molecule has 2 rings (SSSR count). The van der Waals surface area contributed by atoms with Gasteiger partial charge in [0, 0.05) is 24.7 Å². The van der Waals surface area contributed by atoms with Gasteiger partial charge in [-0.3, -0.25) is 0 Å². The summed E-state index contributed by atoms with van der Waals surface area (Å²) in [6, 6.07) is 0.605. The fraction of sp³-hybridized carbons (Fsp3) is 0.667. The Labute approximate surface area is 108 Å². The Kier molecular flexibility index (Phi) is 3.84. The number of anilines is 1. The van der Waals surface area contributed by atoms with Gasteiger partial charge in [0.15, 0.2) is 0 Å². The van der Waals surface area contributed by atoms with E-state index in [9.17, 15) is 0 Å². The standard InChI is InChI=1S/C12H19ClN4/c1-4-10-11(13)14-8-15-12(10)17-6-5-9(7-17)16(2)3/h8-9H,4-7H2,1-3H3. The van der Waals surface area contributed by atoms with Gasteiger partial charge in [0.1, 0.15) is 17.3 Å². The first kappa shape index (κ1) is 12.6. The molecule has 1 aliphatic rings. The first-order valence-electron chi connectivity index (χ1n) is 6.04. The van der Waals surface area contributed by atoms with Crippen LogP contribution in [-0.4, -0.2) is 48.1 Å². The fourth-order valence-electron chi connectivity index (χ4n) is 2.31. The summed E-state index contributed by atoms with van der Waals surface area (Å²) in [4.78, 5) is 13.0. The third-order valence-corrected chi connectivity index (χ3v) is 3.74. The third-order valence-electron chi connectivity index (χ3n) is 3.42. The zero-order valence-electron chi connectivity index (χ0n) is 10.6. The first-order valence-corrected chi connectivity index (χ1v) is 6.42. The lowest BCUT2D eigenvalue weighted by molar-refractivity contribution is 0.315. The number of likely N-dealkylation sites (N-methyl/N-ethyl adjacent to an activating group) is 1. The molecule has 0 bridgehead atoms. The van der Waals surface area contributed by atoms with Crippen molar-refractivity contribution >= 4 is 17.4 Å². The van der Waals surface area contributed by atoms with E-state index in [1.54, 1.807) is 6.33 Å². The molecule has 0 spiro atoms. The molecule has 5 heteroatoms. The number of rotatable bonds is 3. The van der Waals surface area contributed by atoms with Crippen LogP contribution in [0.15, 0.2) is 6.33 Å². The van der Waals surface area contributed by atoms with Gasteiger partial charge in [-0.15, -0.1) is 0 Å². The normalized spacial score (nSPS) is 20.3. The highest BCUT2D eigenvalue weighted by Gasteiger charge is 2.26. The second-order valence-electron chi connectivity index (χ2n) is 4.67. The predicted molar refractivity (Wildman–Crippen MR) is 70.7 cm³/mol. The lowest BCUT2D eigenvalue weighted by atomic mass is 10.2. The molecule has 17 heavy (non-hydrogen) atoms. The Balaban J connectivity index is 2.21. The maximum absolute atomic E-state index is 6.12. The summed E-state index contributed by atoms with van der Waals surface area (Å²) >= 11 is 6.12. The highest BCUT2D eigenvalue weighted by Crippen LogP contribution is 2.27. The van der Waals surface area contributed by atoms with Gasteiger partial charge < -0.3 is 9.80 Å². The Morgan fingerprint density at radius 3 is 2.82 bits per heavy atom. The van der Waals surface area contributed by atoms with Gasteiger partial charge >= 0.3 is 0 Å². The summed E-state index contributed by atoms with van der Waals surface area (Å²) in [5, 5.41) is 0.589. The summed E-state index contributed by atoms with van der Waals surface area (Å²) in [5.41, 5.74) is 1.06. The van der Waals surface area contributed by atoms with Crippen molar-refractivity contribution in [2.75, 3.05) is 32.1 Å². The minimum Gasteiger partial charge on any atom is -0.355 e. The molecule has 0 aromatic carbocycles. The quantitative estimate of drug-likeness (QED) is 0.771. The molecular weight excluding hydrogens is 236 g/mol. The van der Waals surface area contributed by atoms with Crippen molar-refractivity contribution in [1.29, 1.82) is 0 Å². The second kappa shape index (κ2) is 5.19. The summed E-state index contributed by atoms with van der Waals surface area (Å²) in [5.74, 6) is 1.01. The monoisotopic (exact) mass is 254 g/mol. The molecule has 1 aliphatic heterocycles. The van der Waals surface area contributed by atoms with Crippen LogP contribution >= 0.6 is 11.6 Å². The number of halogens is 1. The van der Waals surface area contributed by atoms with Crippen LogP contribution in [0.4, 0.5) is 5.82 Å². The van der Waals surface area contributed by atoms with Crippen LogP contribution in [0.3, 0.4) is 0 Å². The van der Waals surface area contributed by atoms with Crippen molar-refractivity contribution in [2.45, 2.75) is 25.8 Å². The molecule has 1 aromatic rings. The third kappa shape index (κ3) is 2.53. The SMILES string of the molecule is CCc1c(Cl)ncnc1N1CCC(N(C)C)C1. The zero-order valence-corrected chi connectivity index (χ0v) is 11.4. The molecule has 1 atom stereocenters. The lowest BCUT2D eigenvalue weighted by Gasteiger charge is -2.22. The van der Waals surface area contributed by atoms with E-state index in [2.05, 4.69) is 40.8 Å². The van der Waals surface area contributed by atoms with E-state index >= 15 is 0 Å². The molecule has 1 aromatic heterocycles. The topological polar surface area (TPSA) is 32.3 Å². The van der Waals surface area contributed by atoms with Crippen molar-refractivity contribution in [2.24, 2.45) is 0 Å². The molecule has 1 unspecified atom stereocenters. The van der Waals surface area contributed by atoms with E-state index in [0.717, 1.165) is 30.9 Å². The van der Waals surface area contributed by atoms with Gasteiger partial charge in [-0.05, 0) is 26.9 Å². The van der Waals surface area contributed by atoms with E-state index in [1.807, 2.05) is 0 Å². The minimum atomic E-state index is 0.589. The molecule has 4 nitrogen and oxygen atoms in total. The van der Waals surface area contributed by atoms with Crippen LogP contribution in [-0.2, 0) is 6.42 Å². The number of nitrogens with zero attached hydrogens (tertiary/aromatic N) is 4. The predicted octanol–water partition coefficient (Wildman–Crippen LogP) is 1.83. The average molecular weight is 255 g/mol. The number of aromatic nitrogens is 2. The van der Waals surface area contributed by atoms with Crippen molar-refractivity contribution < 1.29 is 0 Å². The van der Waals surface area contributed by atoms with Gasteiger partial charge in [-0.1, -0.05) is 18.5 Å². The summed E-state index contributed by atoms with van der Waals surface area (Å²) < 4.78 is 0. The maximum atomic E-state index is 6.12. The molecule has 0 N–H and O–H groups in total. The number of hydrogen-bond acceptors (Lipinski definition) is 4. The zero-order chi connectivity index (χ0) is 12.4. The van der Waals surface area contributed by atoms with Gasteiger partial charge in [0.25, 0.3) is 0 Å². The average Bonchev–Trinajstić information content (AvgIpc) is 2.77. The van der Waals surface area contributed by atoms with Crippen molar-refractivity contribution in [3.05, 3.63) is 17.0 Å². The highest BCUT2D eigenvalue weighted by molar-refractivity contribution is 6.30. The Bertz CT molecular complexity index is 394. The summed E-state index contributed by atoms with van der Waals surface area (Å²) in [6.07, 6.45) is 3.61. The molecule has 1 saturated heterocycles. The molecule has 0 aliphatic carbocycles. The molecule has 0 radical (unpaired) electrons. The minimum absolute atomic E-state index is 0.589. The Morgan fingerprint density at radius 2 is 2.24 bits per heavy atom. The highest BCUT2D eigenvalue weighted by atomic mass is 35.5. The Hall–Kier alpha value is -0.870. The Morgan fingerprint density at radius 1 is 1.47 bits per heavy atom. The summed E-state index contributed by atoms with van der Waals surface area (Å²) in [6.45, 7) is 4.16.